The first-order valence-electron chi connectivity index (χ1n) is 8.79. The minimum absolute atomic E-state index is 0.0277. The van der Waals surface area contributed by atoms with Crippen LogP contribution in [-0.4, -0.2) is 22.1 Å². The van der Waals surface area contributed by atoms with Crippen molar-refractivity contribution in [2.24, 2.45) is 0 Å². The molecule has 4 rings (SSSR count). The molecule has 27 heavy (non-hydrogen) atoms. The maximum absolute atomic E-state index is 12.9. The second-order valence-electron chi connectivity index (χ2n) is 6.61. The lowest BCUT2D eigenvalue weighted by atomic mass is 10.1. The number of hydrogen-bond donors (Lipinski definition) is 0. The van der Waals surface area contributed by atoms with Crippen molar-refractivity contribution in [3.05, 3.63) is 70.9 Å². The van der Waals surface area contributed by atoms with Crippen LogP contribution in [0.2, 0.25) is 5.02 Å². The number of aromatic nitrogens is 2. The van der Waals surface area contributed by atoms with E-state index in [1.165, 1.54) is 4.68 Å². The van der Waals surface area contributed by atoms with E-state index in [0.29, 0.717) is 10.7 Å². The molecule has 0 bridgehead atoms. The Morgan fingerprint density at radius 2 is 1.89 bits per heavy atom. The zero-order valence-electron chi connectivity index (χ0n) is 14.5. The summed E-state index contributed by atoms with van der Waals surface area (Å²) >= 11 is 5.91. The number of rotatable bonds is 6. The number of para-hydroxylation sites is 1. The third-order valence-electron chi connectivity index (χ3n) is 4.59. The predicted octanol–water partition coefficient (Wildman–Crippen LogP) is 2.41. The fraction of sp³-hybridized carbons (Fsp3) is 0.250. The van der Waals surface area contributed by atoms with Crippen LogP contribution in [0.5, 0.6) is 5.95 Å². The van der Waals surface area contributed by atoms with E-state index >= 15 is 0 Å². The molecule has 138 valence electrons. The first kappa shape index (κ1) is 17.5. The van der Waals surface area contributed by atoms with Crippen LogP contribution in [0.25, 0.3) is 5.69 Å². The predicted molar refractivity (Wildman–Crippen MR) is 96.2 cm³/mol. The van der Waals surface area contributed by atoms with Gasteiger partial charge in [-0.1, -0.05) is 41.9 Å². The molecule has 0 unspecified atom stereocenters. The Balaban J connectivity index is 1.57. The molecule has 1 amide bonds. The zero-order chi connectivity index (χ0) is 18.8. The Morgan fingerprint density at radius 1 is 1.19 bits per heavy atom. The van der Waals surface area contributed by atoms with Gasteiger partial charge in [-0.15, -0.1) is 0 Å². The Labute approximate surface area is 161 Å². The van der Waals surface area contributed by atoms with Crippen molar-refractivity contribution in [3.63, 3.8) is 0 Å². The van der Waals surface area contributed by atoms with E-state index in [4.69, 9.17) is 16.1 Å². The Bertz CT molecular complexity index is 937. The average molecular weight is 384 g/mol. The molecule has 1 aromatic heterocycles. The van der Waals surface area contributed by atoms with Gasteiger partial charge in [0.05, 0.1) is 11.7 Å². The molecule has 0 N–H and O–H groups in total. The molecular formula is C20H18ClN3O3. The number of amides is 1. The molecule has 0 saturated heterocycles. The van der Waals surface area contributed by atoms with Gasteiger partial charge in [0.25, 0.3) is 5.69 Å². The highest BCUT2D eigenvalue weighted by Crippen LogP contribution is 2.30. The highest BCUT2D eigenvalue weighted by atomic mass is 35.5. The summed E-state index contributed by atoms with van der Waals surface area (Å²) < 4.78 is 6.33. The third-order valence-corrected chi connectivity index (χ3v) is 4.85. The smallest absolute Gasteiger partial charge is 0.259 e. The van der Waals surface area contributed by atoms with E-state index in [1.807, 2.05) is 42.5 Å². The molecule has 3 aromatic rings. The number of carbonyl (C=O) groups is 1. The standard InChI is InChI=1S/C20H18ClN3O3/c21-15-8-6-14(7-9-15)12-19(25)23(16-10-11-16)13-18-20(26)27-22-24(18)17-4-2-1-3-5-17/h1-9,16H,10-13H2. The maximum atomic E-state index is 12.9. The van der Waals surface area contributed by atoms with Gasteiger partial charge in [0.2, 0.25) is 11.6 Å². The Kier molecular flexibility index (Phi) is 4.81. The molecule has 2 aromatic carbocycles. The van der Waals surface area contributed by atoms with Crippen LogP contribution in [0.1, 0.15) is 24.1 Å². The van der Waals surface area contributed by atoms with Crippen molar-refractivity contribution in [3.8, 4) is 11.6 Å². The van der Waals surface area contributed by atoms with Gasteiger partial charge in [-0.25, -0.2) is 0 Å². The quantitative estimate of drug-likeness (QED) is 0.613. The molecule has 1 heterocycles. The fourth-order valence-electron chi connectivity index (χ4n) is 3.02. The van der Waals surface area contributed by atoms with Crippen molar-refractivity contribution in [2.45, 2.75) is 31.8 Å². The van der Waals surface area contributed by atoms with Crippen molar-refractivity contribution in [1.82, 2.24) is 10.2 Å². The highest BCUT2D eigenvalue weighted by Gasteiger charge is 2.35. The summed E-state index contributed by atoms with van der Waals surface area (Å²) in [5.41, 5.74) is 1.95. The van der Waals surface area contributed by atoms with Crippen LogP contribution < -0.4 is 9.79 Å². The second kappa shape index (κ2) is 7.40. The largest absolute Gasteiger partial charge is 0.539 e. The molecule has 0 atom stereocenters. The van der Waals surface area contributed by atoms with E-state index in [0.717, 1.165) is 24.1 Å². The maximum Gasteiger partial charge on any atom is 0.259 e. The molecule has 1 saturated carbocycles. The summed E-state index contributed by atoms with van der Waals surface area (Å²) in [6.45, 7) is 0.175. The van der Waals surface area contributed by atoms with Crippen molar-refractivity contribution >= 4 is 17.5 Å². The van der Waals surface area contributed by atoms with E-state index in [1.54, 1.807) is 17.0 Å². The highest BCUT2D eigenvalue weighted by molar-refractivity contribution is 6.30. The number of hydrogen-bond acceptors (Lipinski definition) is 4. The van der Waals surface area contributed by atoms with E-state index in [9.17, 15) is 9.90 Å². The lowest BCUT2D eigenvalue weighted by Crippen LogP contribution is -2.42. The summed E-state index contributed by atoms with van der Waals surface area (Å²) in [5.74, 6) is -0.552. The van der Waals surface area contributed by atoms with Crippen LogP contribution in [0.15, 0.2) is 59.1 Å². The molecule has 1 fully saturated rings. The van der Waals surface area contributed by atoms with Crippen LogP contribution in [0.4, 0.5) is 0 Å². The number of carbonyl (C=O) groups excluding carboxylic acids is 1. The lowest BCUT2D eigenvalue weighted by Gasteiger charge is -2.21. The van der Waals surface area contributed by atoms with Gasteiger partial charge < -0.3 is 14.5 Å². The molecular weight excluding hydrogens is 366 g/mol. The Morgan fingerprint density at radius 3 is 2.56 bits per heavy atom. The van der Waals surface area contributed by atoms with Crippen molar-refractivity contribution in [2.75, 3.05) is 0 Å². The molecule has 7 heteroatoms. The number of nitrogens with zero attached hydrogens (tertiary/aromatic N) is 3. The summed E-state index contributed by atoms with van der Waals surface area (Å²) in [6.07, 6.45) is 2.15. The second-order valence-corrected chi connectivity index (χ2v) is 7.05. The molecule has 0 spiro atoms. The minimum Gasteiger partial charge on any atom is -0.539 e. The van der Waals surface area contributed by atoms with E-state index in [-0.39, 0.29) is 24.9 Å². The number of halogens is 1. The van der Waals surface area contributed by atoms with Gasteiger partial charge in [0, 0.05) is 23.2 Å². The third kappa shape index (κ3) is 3.95. The number of benzene rings is 2. The van der Waals surface area contributed by atoms with E-state index in [2.05, 4.69) is 5.27 Å². The van der Waals surface area contributed by atoms with Gasteiger partial charge >= 0.3 is 0 Å². The fourth-order valence-corrected chi connectivity index (χ4v) is 3.14. The van der Waals surface area contributed by atoms with Crippen LogP contribution >= 0.6 is 11.6 Å². The van der Waals surface area contributed by atoms with Gasteiger partial charge in [-0.05, 0) is 35.2 Å². The molecule has 6 nitrogen and oxygen atoms in total. The van der Waals surface area contributed by atoms with Crippen molar-refractivity contribution in [1.29, 1.82) is 0 Å². The zero-order valence-corrected chi connectivity index (χ0v) is 15.3. The summed E-state index contributed by atoms with van der Waals surface area (Å²) in [4.78, 5) is 14.6. The molecule has 0 aliphatic heterocycles. The van der Waals surface area contributed by atoms with E-state index < -0.39 is 5.95 Å². The SMILES string of the molecule is O=C(Cc1ccc(Cl)cc1)N(Cc1c([O-])on[n+]1-c1ccccc1)C1CC1. The van der Waals surface area contributed by atoms with Crippen LogP contribution in [0.3, 0.4) is 0 Å². The lowest BCUT2D eigenvalue weighted by molar-refractivity contribution is -0.678. The average Bonchev–Trinajstić information content (AvgIpc) is 3.45. The summed E-state index contributed by atoms with van der Waals surface area (Å²) in [5, 5.41) is 16.7. The first-order valence-corrected chi connectivity index (χ1v) is 9.17. The van der Waals surface area contributed by atoms with Gasteiger partial charge in [-0.3, -0.25) is 4.79 Å². The topological polar surface area (TPSA) is 73.3 Å². The molecule has 0 radical (unpaired) electrons. The monoisotopic (exact) mass is 383 g/mol. The molecule has 1 aliphatic rings. The van der Waals surface area contributed by atoms with Crippen LogP contribution in [-0.2, 0) is 17.8 Å². The normalized spacial score (nSPS) is 13.5. The summed E-state index contributed by atoms with van der Waals surface area (Å²) in [6, 6.07) is 16.6. The van der Waals surface area contributed by atoms with Crippen LogP contribution in [0, 0.1) is 0 Å². The first-order chi connectivity index (χ1) is 13.1. The van der Waals surface area contributed by atoms with Crippen molar-refractivity contribution < 1.29 is 19.1 Å². The Hall–Kier alpha value is -2.86. The van der Waals surface area contributed by atoms with Gasteiger partial charge in [0.1, 0.15) is 6.54 Å². The molecule has 1 aliphatic carbocycles. The van der Waals surface area contributed by atoms with Gasteiger partial charge in [-0.2, -0.15) is 0 Å². The van der Waals surface area contributed by atoms with Gasteiger partial charge in [0.15, 0.2) is 5.95 Å². The summed E-state index contributed by atoms with van der Waals surface area (Å²) in [7, 11) is 0. The minimum atomic E-state index is -0.524.